The molecular formula is C20H21ClN3O2+. The molecule has 5 nitrogen and oxygen atoms in total. The average Bonchev–Trinajstić information content (AvgIpc) is 2.61. The third-order valence-corrected chi connectivity index (χ3v) is 3.95. The predicted octanol–water partition coefficient (Wildman–Crippen LogP) is 2.43. The fourth-order valence-corrected chi connectivity index (χ4v) is 2.66. The van der Waals surface area contributed by atoms with E-state index in [0.717, 1.165) is 16.2 Å². The molecule has 2 aromatic carbocycles. The summed E-state index contributed by atoms with van der Waals surface area (Å²) in [4.78, 5) is 13.2. The van der Waals surface area contributed by atoms with Crippen molar-refractivity contribution in [1.29, 1.82) is 5.26 Å². The summed E-state index contributed by atoms with van der Waals surface area (Å²) in [6.45, 7) is 5.12. The van der Waals surface area contributed by atoms with Gasteiger partial charge in [-0.2, -0.15) is 5.26 Å². The van der Waals surface area contributed by atoms with Crippen LogP contribution < -0.4 is 15.0 Å². The maximum Gasteiger partial charge on any atom is 0.279 e. The summed E-state index contributed by atoms with van der Waals surface area (Å²) in [5.41, 5.74) is 2.08. The van der Waals surface area contributed by atoms with Gasteiger partial charge in [0, 0.05) is 11.3 Å². The van der Waals surface area contributed by atoms with Crippen molar-refractivity contribution in [3.05, 3.63) is 71.3 Å². The molecule has 134 valence electrons. The maximum atomic E-state index is 12.2. The van der Waals surface area contributed by atoms with Gasteiger partial charge in [0.05, 0.1) is 17.6 Å². The van der Waals surface area contributed by atoms with Crippen molar-refractivity contribution in [2.24, 2.45) is 0 Å². The van der Waals surface area contributed by atoms with E-state index in [1.54, 1.807) is 24.3 Å². The Morgan fingerprint density at radius 2 is 2.08 bits per heavy atom. The molecule has 0 fully saturated rings. The summed E-state index contributed by atoms with van der Waals surface area (Å²) in [7, 11) is 1.95. The average molecular weight is 371 g/mol. The molecule has 0 aliphatic heterocycles. The van der Waals surface area contributed by atoms with Crippen LogP contribution in [-0.2, 0) is 11.3 Å². The number of likely N-dealkylation sites (N-methyl/N-ethyl adjacent to an activating group) is 1. The van der Waals surface area contributed by atoms with Crippen LogP contribution in [0.3, 0.4) is 0 Å². The minimum absolute atomic E-state index is 0.116. The van der Waals surface area contributed by atoms with Crippen LogP contribution in [0.2, 0.25) is 5.02 Å². The van der Waals surface area contributed by atoms with Crippen molar-refractivity contribution >= 4 is 23.2 Å². The fourth-order valence-electron chi connectivity index (χ4n) is 2.43. The summed E-state index contributed by atoms with van der Waals surface area (Å²) in [6, 6.07) is 14.6. The van der Waals surface area contributed by atoms with Crippen LogP contribution in [0.1, 0.15) is 11.1 Å². The van der Waals surface area contributed by atoms with E-state index in [1.165, 1.54) is 0 Å². The molecule has 0 aliphatic carbocycles. The van der Waals surface area contributed by atoms with Crippen molar-refractivity contribution in [2.45, 2.75) is 6.54 Å². The Kier molecular flexibility index (Phi) is 7.22. The number of halogens is 1. The molecule has 1 amide bonds. The molecule has 0 bridgehead atoms. The Labute approximate surface area is 158 Å². The molecule has 1 atom stereocenters. The van der Waals surface area contributed by atoms with Gasteiger partial charge in [0.25, 0.3) is 5.91 Å². The monoisotopic (exact) mass is 370 g/mol. The minimum Gasteiger partial charge on any atom is -0.490 e. The van der Waals surface area contributed by atoms with E-state index in [4.69, 9.17) is 21.6 Å². The topological polar surface area (TPSA) is 66.6 Å². The van der Waals surface area contributed by atoms with Gasteiger partial charge in [-0.05, 0) is 42.5 Å². The molecule has 2 N–H and O–H groups in total. The molecule has 0 saturated heterocycles. The predicted molar refractivity (Wildman–Crippen MR) is 102 cm³/mol. The van der Waals surface area contributed by atoms with Crippen molar-refractivity contribution < 1.29 is 14.4 Å². The maximum absolute atomic E-state index is 12.2. The molecule has 6 heteroatoms. The summed E-state index contributed by atoms with van der Waals surface area (Å²) in [6.07, 6.45) is 1.70. The Balaban J connectivity index is 1.86. The first-order chi connectivity index (χ1) is 12.5. The smallest absolute Gasteiger partial charge is 0.279 e. The van der Waals surface area contributed by atoms with Gasteiger partial charge in [0.1, 0.15) is 25.0 Å². The summed E-state index contributed by atoms with van der Waals surface area (Å²) in [5, 5.41) is 12.0. The van der Waals surface area contributed by atoms with E-state index in [1.807, 2.05) is 37.4 Å². The van der Waals surface area contributed by atoms with Gasteiger partial charge >= 0.3 is 0 Å². The van der Waals surface area contributed by atoms with Crippen LogP contribution >= 0.6 is 11.6 Å². The number of carbonyl (C=O) groups is 1. The van der Waals surface area contributed by atoms with Crippen LogP contribution in [-0.4, -0.2) is 26.1 Å². The van der Waals surface area contributed by atoms with Crippen LogP contribution in [0.25, 0.3) is 0 Å². The summed E-state index contributed by atoms with van der Waals surface area (Å²) >= 11 is 5.98. The van der Waals surface area contributed by atoms with Crippen molar-refractivity contribution in [1.82, 2.24) is 0 Å². The summed E-state index contributed by atoms with van der Waals surface area (Å²) in [5.74, 6) is 0.677. The lowest BCUT2D eigenvalue weighted by Gasteiger charge is -2.14. The molecule has 0 spiro atoms. The van der Waals surface area contributed by atoms with Gasteiger partial charge in [0.2, 0.25) is 0 Å². The van der Waals surface area contributed by atoms with Crippen molar-refractivity contribution in [3.8, 4) is 11.8 Å². The highest BCUT2D eigenvalue weighted by Crippen LogP contribution is 2.20. The lowest BCUT2D eigenvalue weighted by Crippen LogP contribution is -3.08. The number of anilines is 1. The second kappa shape index (κ2) is 9.62. The SMILES string of the molecule is C=CCOc1ccc(C[NH+](C)CC(=O)Nc2ccc(C#N)c(Cl)c2)cc1. The number of benzene rings is 2. The summed E-state index contributed by atoms with van der Waals surface area (Å²) < 4.78 is 5.45. The number of carbonyl (C=O) groups excluding carboxylic acids is 1. The zero-order valence-electron chi connectivity index (χ0n) is 14.6. The zero-order valence-corrected chi connectivity index (χ0v) is 15.3. The zero-order chi connectivity index (χ0) is 18.9. The number of amides is 1. The molecule has 2 rings (SSSR count). The standard InChI is InChI=1S/C20H20ClN3O2/c1-3-10-26-18-8-4-15(5-9-18)13-24(2)14-20(25)23-17-7-6-16(12-22)19(21)11-17/h3-9,11H,1,10,13-14H2,2H3,(H,23,25)/p+1. The second-order valence-electron chi connectivity index (χ2n) is 5.91. The van der Waals surface area contributed by atoms with E-state index in [0.29, 0.717) is 36.0 Å². The van der Waals surface area contributed by atoms with Crippen molar-refractivity contribution in [2.75, 3.05) is 25.5 Å². The van der Waals surface area contributed by atoms with Gasteiger partial charge in [-0.3, -0.25) is 4.79 Å². The molecular weight excluding hydrogens is 350 g/mol. The first kappa shape index (κ1) is 19.5. The highest BCUT2D eigenvalue weighted by atomic mass is 35.5. The van der Waals surface area contributed by atoms with E-state index >= 15 is 0 Å². The van der Waals surface area contributed by atoms with Gasteiger partial charge < -0.3 is 15.0 Å². The largest absolute Gasteiger partial charge is 0.490 e. The Hall–Kier alpha value is -2.81. The first-order valence-electron chi connectivity index (χ1n) is 8.15. The van der Waals surface area contributed by atoms with Gasteiger partial charge in [-0.1, -0.05) is 24.3 Å². The third-order valence-electron chi connectivity index (χ3n) is 3.63. The number of nitrogens with zero attached hydrogens (tertiary/aromatic N) is 1. The van der Waals surface area contributed by atoms with E-state index in [2.05, 4.69) is 11.9 Å². The number of nitriles is 1. The molecule has 0 aromatic heterocycles. The Morgan fingerprint density at radius 3 is 2.69 bits per heavy atom. The Morgan fingerprint density at radius 1 is 1.35 bits per heavy atom. The van der Waals surface area contributed by atoms with Crippen LogP contribution in [0.4, 0.5) is 5.69 Å². The Bertz CT molecular complexity index is 813. The van der Waals surface area contributed by atoms with Crippen molar-refractivity contribution in [3.63, 3.8) is 0 Å². The van der Waals surface area contributed by atoms with Gasteiger partial charge in [-0.25, -0.2) is 0 Å². The highest BCUT2D eigenvalue weighted by Gasteiger charge is 2.12. The number of quaternary nitrogens is 1. The number of rotatable bonds is 8. The molecule has 1 unspecified atom stereocenters. The van der Waals surface area contributed by atoms with E-state index in [-0.39, 0.29) is 5.91 Å². The van der Waals surface area contributed by atoms with Gasteiger partial charge in [-0.15, -0.1) is 0 Å². The van der Waals surface area contributed by atoms with Crippen LogP contribution in [0.15, 0.2) is 55.1 Å². The van der Waals surface area contributed by atoms with E-state index < -0.39 is 0 Å². The third kappa shape index (κ3) is 5.92. The quantitative estimate of drug-likeness (QED) is 0.701. The van der Waals surface area contributed by atoms with E-state index in [9.17, 15) is 4.79 Å². The van der Waals surface area contributed by atoms with Crippen LogP contribution in [0.5, 0.6) is 5.75 Å². The molecule has 0 radical (unpaired) electrons. The fraction of sp³-hybridized carbons (Fsp3) is 0.200. The minimum atomic E-state index is -0.116. The van der Waals surface area contributed by atoms with Crippen LogP contribution in [0, 0.1) is 11.3 Å². The molecule has 0 aliphatic rings. The highest BCUT2D eigenvalue weighted by molar-refractivity contribution is 6.32. The van der Waals surface area contributed by atoms with Gasteiger partial charge in [0.15, 0.2) is 6.54 Å². The number of ether oxygens (including phenoxy) is 1. The lowest BCUT2D eigenvalue weighted by molar-refractivity contribution is -0.885. The molecule has 2 aromatic rings. The normalized spacial score (nSPS) is 11.3. The molecule has 0 heterocycles. The number of hydrogen-bond donors (Lipinski definition) is 2. The lowest BCUT2D eigenvalue weighted by atomic mass is 10.2. The number of nitrogens with one attached hydrogen (secondary N) is 2. The first-order valence-corrected chi connectivity index (χ1v) is 8.53. The molecule has 0 saturated carbocycles. The second-order valence-corrected chi connectivity index (χ2v) is 6.32. The number of hydrogen-bond acceptors (Lipinski definition) is 3. The molecule has 26 heavy (non-hydrogen) atoms.